The first-order chi connectivity index (χ1) is 7.17. The van der Waals surface area contributed by atoms with Crippen LogP contribution in [-0.2, 0) is 5.75 Å². The van der Waals surface area contributed by atoms with Crippen LogP contribution >= 0.6 is 11.8 Å². The van der Waals surface area contributed by atoms with Crippen LogP contribution < -0.4 is 10.5 Å². The van der Waals surface area contributed by atoms with Crippen molar-refractivity contribution in [3.05, 3.63) is 29.6 Å². The van der Waals surface area contributed by atoms with Crippen molar-refractivity contribution >= 4 is 11.8 Å². The van der Waals surface area contributed by atoms with Gasteiger partial charge in [0.1, 0.15) is 11.6 Å². The third kappa shape index (κ3) is 3.72. The standard InChI is InChI=1S/C11H16FNOS/c1-8(6-13)15-7-9-5-10(12)3-4-11(9)14-2/h3-5,8H,6-7,13H2,1-2H3. The Morgan fingerprint density at radius 3 is 2.87 bits per heavy atom. The summed E-state index contributed by atoms with van der Waals surface area (Å²) in [7, 11) is 1.59. The lowest BCUT2D eigenvalue weighted by atomic mass is 10.2. The molecular weight excluding hydrogens is 213 g/mol. The van der Waals surface area contributed by atoms with Gasteiger partial charge in [-0.1, -0.05) is 6.92 Å². The van der Waals surface area contributed by atoms with E-state index < -0.39 is 0 Å². The molecule has 1 unspecified atom stereocenters. The highest BCUT2D eigenvalue weighted by atomic mass is 32.2. The zero-order chi connectivity index (χ0) is 11.3. The minimum Gasteiger partial charge on any atom is -0.496 e. The lowest BCUT2D eigenvalue weighted by Gasteiger charge is -2.11. The highest BCUT2D eigenvalue weighted by molar-refractivity contribution is 7.99. The fourth-order valence-corrected chi connectivity index (χ4v) is 1.99. The van der Waals surface area contributed by atoms with Crippen molar-refractivity contribution in [2.75, 3.05) is 13.7 Å². The molecule has 0 amide bonds. The molecule has 2 N–H and O–H groups in total. The highest BCUT2D eigenvalue weighted by Gasteiger charge is 2.07. The van der Waals surface area contributed by atoms with Crippen molar-refractivity contribution in [1.29, 1.82) is 0 Å². The number of hydrogen-bond donors (Lipinski definition) is 1. The average Bonchev–Trinajstić information content (AvgIpc) is 2.26. The molecule has 0 fully saturated rings. The molecule has 1 rings (SSSR count). The van der Waals surface area contributed by atoms with E-state index in [0.29, 0.717) is 11.8 Å². The van der Waals surface area contributed by atoms with Crippen molar-refractivity contribution in [2.24, 2.45) is 5.73 Å². The summed E-state index contributed by atoms with van der Waals surface area (Å²) in [6.45, 7) is 2.68. The van der Waals surface area contributed by atoms with Gasteiger partial charge in [-0.25, -0.2) is 4.39 Å². The first kappa shape index (κ1) is 12.3. The largest absolute Gasteiger partial charge is 0.496 e. The molecule has 0 saturated carbocycles. The third-order valence-corrected chi connectivity index (χ3v) is 3.34. The van der Waals surface area contributed by atoms with Crippen molar-refractivity contribution in [1.82, 2.24) is 0 Å². The Labute approximate surface area is 94.0 Å². The monoisotopic (exact) mass is 229 g/mol. The lowest BCUT2D eigenvalue weighted by molar-refractivity contribution is 0.410. The first-order valence-corrected chi connectivity index (χ1v) is 5.86. The van der Waals surface area contributed by atoms with Crippen LogP contribution in [0.3, 0.4) is 0 Å². The molecule has 0 radical (unpaired) electrons. The van der Waals surface area contributed by atoms with E-state index in [1.165, 1.54) is 12.1 Å². The number of rotatable bonds is 5. The van der Waals surface area contributed by atoms with E-state index in [2.05, 4.69) is 6.92 Å². The number of halogens is 1. The summed E-state index contributed by atoms with van der Waals surface area (Å²) >= 11 is 1.70. The molecule has 0 heterocycles. The van der Waals surface area contributed by atoms with Gasteiger partial charge in [-0.05, 0) is 18.2 Å². The second kappa shape index (κ2) is 5.98. The Bertz CT molecular complexity index is 319. The van der Waals surface area contributed by atoms with Crippen LogP contribution in [0.25, 0.3) is 0 Å². The van der Waals surface area contributed by atoms with E-state index in [1.54, 1.807) is 24.9 Å². The normalized spacial score (nSPS) is 12.5. The summed E-state index contributed by atoms with van der Waals surface area (Å²) in [5, 5.41) is 0.373. The molecule has 0 aliphatic rings. The van der Waals surface area contributed by atoms with Crippen molar-refractivity contribution in [2.45, 2.75) is 17.9 Å². The summed E-state index contributed by atoms with van der Waals surface area (Å²) in [4.78, 5) is 0. The molecule has 0 aliphatic carbocycles. The van der Waals surface area contributed by atoms with Crippen molar-refractivity contribution < 1.29 is 9.13 Å². The van der Waals surface area contributed by atoms with Gasteiger partial charge in [-0.3, -0.25) is 0 Å². The molecule has 1 atom stereocenters. The van der Waals surface area contributed by atoms with E-state index in [1.807, 2.05) is 0 Å². The van der Waals surface area contributed by atoms with Gasteiger partial charge in [0.2, 0.25) is 0 Å². The first-order valence-electron chi connectivity index (χ1n) is 4.81. The van der Waals surface area contributed by atoms with Crippen LogP contribution in [0.1, 0.15) is 12.5 Å². The predicted molar refractivity (Wildman–Crippen MR) is 62.8 cm³/mol. The molecule has 2 nitrogen and oxygen atoms in total. The average molecular weight is 229 g/mol. The molecule has 0 spiro atoms. The molecule has 84 valence electrons. The van der Waals surface area contributed by atoms with Gasteiger partial charge in [0, 0.05) is 23.1 Å². The van der Waals surface area contributed by atoms with Crippen LogP contribution in [0.2, 0.25) is 0 Å². The summed E-state index contributed by atoms with van der Waals surface area (Å²) in [6.07, 6.45) is 0. The zero-order valence-electron chi connectivity index (χ0n) is 9.00. The molecule has 15 heavy (non-hydrogen) atoms. The van der Waals surface area contributed by atoms with E-state index in [4.69, 9.17) is 10.5 Å². The maximum atomic E-state index is 13.0. The molecule has 0 aromatic heterocycles. The topological polar surface area (TPSA) is 35.2 Å². The number of hydrogen-bond acceptors (Lipinski definition) is 3. The summed E-state index contributed by atoms with van der Waals surface area (Å²) in [6, 6.07) is 4.56. The molecule has 4 heteroatoms. The SMILES string of the molecule is COc1ccc(F)cc1CSC(C)CN. The Balaban J connectivity index is 2.69. The summed E-state index contributed by atoms with van der Waals surface area (Å²) in [5.74, 6) is 1.22. The minimum absolute atomic E-state index is 0.230. The van der Waals surface area contributed by atoms with E-state index in [9.17, 15) is 4.39 Å². The number of thioether (sulfide) groups is 1. The Morgan fingerprint density at radius 1 is 1.53 bits per heavy atom. The summed E-state index contributed by atoms with van der Waals surface area (Å²) in [5.41, 5.74) is 6.39. The molecule has 1 aromatic carbocycles. The summed E-state index contributed by atoms with van der Waals surface area (Å²) < 4.78 is 18.2. The van der Waals surface area contributed by atoms with Gasteiger partial charge in [-0.15, -0.1) is 0 Å². The molecule has 0 bridgehead atoms. The fourth-order valence-electron chi connectivity index (χ4n) is 1.16. The smallest absolute Gasteiger partial charge is 0.123 e. The molecule has 0 saturated heterocycles. The van der Waals surface area contributed by atoms with Gasteiger partial charge in [0.25, 0.3) is 0 Å². The quantitative estimate of drug-likeness (QED) is 0.842. The van der Waals surface area contributed by atoms with E-state index >= 15 is 0 Å². The highest BCUT2D eigenvalue weighted by Crippen LogP contribution is 2.25. The Morgan fingerprint density at radius 2 is 2.27 bits per heavy atom. The zero-order valence-corrected chi connectivity index (χ0v) is 9.81. The van der Waals surface area contributed by atoms with Gasteiger partial charge >= 0.3 is 0 Å². The van der Waals surface area contributed by atoms with E-state index in [-0.39, 0.29) is 5.82 Å². The van der Waals surface area contributed by atoms with Gasteiger partial charge < -0.3 is 10.5 Å². The van der Waals surface area contributed by atoms with Crippen LogP contribution in [0, 0.1) is 5.82 Å². The molecule has 0 aliphatic heterocycles. The van der Waals surface area contributed by atoms with Gasteiger partial charge in [0.05, 0.1) is 7.11 Å². The molecular formula is C11H16FNOS. The van der Waals surface area contributed by atoms with Gasteiger partial charge in [-0.2, -0.15) is 11.8 Å². The fraction of sp³-hybridized carbons (Fsp3) is 0.455. The Kier molecular flexibility index (Phi) is 4.91. The second-order valence-corrected chi connectivity index (χ2v) is 4.74. The molecule has 1 aromatic rings. The lowest BCUT2D eigenvalue weighted by Crippen LogP contribution is -2.12. The predicted octanol–water partition coefficient (Wildman–Crippen LogP) is 2.41. The third-order valence-electron chi connectivity index (χ3n) is 2.10. The van der Waals surface area contributed by atoms with Crippen molar-refractivity contribution in [3.8, 4) is 5.75 Å². The number of ether oxygens (including phenoxy) is 1. The second-order valence-electron chi connectivity index (χ2n) is 3.31. The van der Waals surface area contributed by atoms with E-state index in [0.717, 1.165) is 17.1 Å². The number of nitrogens with two attached hydrogens (primary N) is 1. The Hall–Kier alpha value is -0.740. The van der Waals surface area contributed by atoms with Crippen LogP contribution in [0.4, 0.5) is 4.39 Å². The maximum Gasteiger partial charge on any atom is 0.123 e. The van der Waals surface area contributed by atoms with Gasteiger partial charge in [0.15, 0.2) is 0 Å². The number of benzene rings is 1. The van der Waals surface area contributed by atoms with Crippen LogP contribution in [0.5, 0.6) is 5.75 Å². The van der Waals surface area contributed by atoms with Crippen LogP contribution in [0.15, 0.2) is 18.2 Å². The van der Waals surface area contributed by atoms with Crippen LogP contribution in [-0.4, -0.2) is 18.9 Å². The number of methoxy groups -OCH3 is 1. The van der Waals surface area contributed by atoms with Crippen molar-refractivity contribution in [3.63, 3.8) is 0 Å². The maximum absolute atomic E-state index is 13.0. The minimum atomic E-state index is -0.230.